The lowest BCUT2D eigenvalue weighted by Gasteiger charge is -2.35. The third-order valence-corrected chi connectivity index (χ3v) is 10.5. The second kappa shape index (κ2) is 10.5. The number of hydrogen-bond donors (Lipinski definition) is 1. The molecule has 1 aliphatic heterocycles. The molecule has 1 N–H and O–H groups in total. The molecular weight excluding hydrogens is 557 g/mol. The number of alkyl halides is 3. The van der Waals surface area contributed by atoms with Gasteiger partial charge in [-0.1, -0.05) is 6.07 Å². The fourth-order valence-electron chi connectivity index (χ4n) is 4.45. The molecule has 1 unspecified atom stereocenters. The van der Waals surface area contributed by atoms with E-state index in [1.54, 1.807) is 18.2 Å². The highest BCUT2D eigenvalue weighted by Gasteiger charge is 2.34. The maximum absolute atomic E-state index is 13.4. The van der Waals surface area contributed by atoms with E-state index in [0.717, 1.165) is 28.0 Å². The van der Waals surface area contributed by atoms with Crippen molar-refractivity contribution in [2.24, 2.45) is 0 Å². The number of thiophene rings is 1. The van der Waals surface area contributed by atoms with E-state index < -0.39 is 21.8 Å². The van der Waals surface area contributed by atoms with Gasteiger partial charge in [-0.3, -0.25) is 4.90 Å². The van der Waals surface area contributed by atoms with Gasteiger partial charge in [0.1, 0.15) is 16.4 Å². The van der Waals surface area contributed by atoms with Crippen molar-refractivity contribution in [1.29, 1.82) is 0 Å². The average molecular weight is 583 g/mol. The fourth-order valence-corrected chi connectivity index (χ4v) is 7.98. The maximum atomic E-state index is 13.4. The summed E-state index contributed by atoms with van der Waals surface area (Å²) in [5.41, 5.74) is -0.161. The van der Waals surface area contributed by atoms with E-state index >= 15 is 0 Å². The van der Waals surface area contributed by atoms with E-state index in [1.165, 1.54) is 33.0 Å². The van der Waals surface area contributed by atoms with Crippen molar-refractivity contribution in [3.05, 3.63) is 52.6 Å². The van der Waals surface area contributed by atoms with Crippen LogP contribution in [-0.2, 0) is 16.2 Å². The Labute approximate surface area is 226 Å². The Morgan fingerprint density at radius 3 is 2.55 bits per heavy atom. The van der Waals surface area contributed by atoms with Gasteiger partial charge in [0.2, 0.25) is 0 Å². The highest BCUT2D eigenvalue weighted by atomic mass is 32.2. The predicted molar refractivity (Wildman–Crippen MR) is 143 cm³/mol. The third kappa shape index (κ3) is 5.54. The number of thiazole rings is 1. The molecular formula is C24H25F3N6O2S3. The number of benzene rings is 1. The van der Waals surface area contributed by atoms with Gasteiger partial charge in [0, 0.05) is 49.5 Å². The molecule has 5 rings (SSSR count). The number of sulfonamides is 1. The summed E-state index contributed by atoms with van der Waals surface area (Å²) in [4.78, 5) is 15.4. The number of nitrogens with one attached hydrogen (secondary N) is 1. The quantitative estimate of drug-likeness (QED) is 0.330. The van der Waals surface area contributed by atoms with E-state index in [2.05, 4.69) is 25.2 Å². The van der Waals surface area contributed by atoms with Gasteiger partial charge in [-0.15, -0.1) is 22.7 Å². The summed E-state index contributed by atoms with van der Waals surface area (Å²) in [7, 11) is -3.61. The first-order valence-electron chi connectivity index (χ1n) is 11.8. The van der Waals surface area contributed by atoms with E-state index in [-0.39, 0.29) is 11.6 Å². The maximum Gasteiger partial charge on any atom is 0.418 e. The van der Waals surface area contributed by atoms with Gasteiger partial charge in [-0.2, -0.15) is 17.5 Å². The molecule has 1 atom stereocenters. The highest BCUT2D eigenvalue weighted by Crippen LogP contribution is 2.35. The molecule has 0 radical (unpaired) electrons. The lowest BCUT2D eigenvalue weighted by atomic mass is 10.1. The molecule has 4 aromatic rings. The number of piperazine rings is 1. The highest BCUT2D eigenvalue weighted by molar-refractivity contribution is 7.91. The molecule has 14 heteroatoms. The number of nitrogens with zero attached hydrogens (tertiary/aromatic N) is 5. The molecule has 0 amide bonds. The molecule has 8 nitrogen and oxygen atoms in total. The number of hydrogen-bond acceptors (Lipinski definition) is 9. The second-order valence-corrected chi connectivity index (χ2v) is 13.4. The minimum atomic E-state index is -4.51. The summed E-state index contributed by atoms with van der Waals surface area (Å²) in [6, 6.07) is 7.20. The zero-order valence-electron chi connectivity index (χ0n) is 20.6. The standard InChI is InChI=1S/C24H25F3N6O2S3/c1-15(30-23-17-4-3-5-18(24(25,26)27)22(17)28-14-29-23)12-32-8-10-33(11-9-32)38(34,35)21-7-6-20(37-21)19-13-36-16(2)31-19/h3-7,13-15H,8-12H2,1-2H3,(H,28,29,30). The number of rotatable bonds is 7. The van der Waals surface area contributed by atoms with Crippen LogP contribution in [0.25, 0.3) is 21.5 Å². The Balaban J connectivity index is 1.21. The topological polar surface area (TPSA) is 91.3 Å². The fraction of sp³-hybridized carbons (Fsp3) is 0.375. The molecule has 0 saturated carbocycles. The average Bonchev–Trinajstić information content (AvgIpc) is 3.53. The largest absolute Gasteiger partial charge is 0.418 e. The predicted octanol–water partition coefficient (Wildman–Crippen LogP) is 4.95. The SMILES string of the molecule is Cc1nc(-c2ccc(S(=O)(=O)N3CCN(CC(C)Nc4ncnc5c(C(F)(F)F)cccc45)CC3)s2)cs1. The molecule has 3 aromatic heterocycles. The summed E-state index contributed by atoms with van der Waals surface area (Å²) >= 11 is 2.75. The van der Waals surface area contributed by atoms with E-state index in [4.69, 9.17) is 0 Å². The van der Waals surface area contributed by atoms with Crippen LogP contribution in [0.3, 0.4) is 0 Å². The van der Waals surface area contributed by atoms with Gasteiger partial charge < -0.3 is 5.32 Å². The summed E-state index contributed by atoms with van der Waals surface area (Å²) in [6.07, 6.45) is -3.39. The Morgan fingerprint density at radius 2 is 1.87 bits per heavy atom. The third-order valence-electron chi connectivity index (χ3n) is 6.26. The van der Waals surface area contributed by atoms with Crippen molar-refractivity contribution in [2.75, 3.05) is 38.0 Å². The molecule has 0 aliphatic carbocycles. The van der Waals surface area contributed by atoms with Crippen LogP contribution in [0.15, 0.2) is 46.2 Å². The van der Waals surface area contributed by atoms with Crippen LogP contribution in [0.4, 0.5) is 19.0 Å². The van der Waals surface area contributed by atoms with Gasteiger partial charge in [-0.25, -0.2) is 23.4 Å². The Hall–Kier alpha value is -2.65. The zero-order valence-corrected chi connectivity index (χ0v) is 23.0. The van der Waals surface area contributed by atoms with Gasteiger partial charge in [-0.05, 0) is 38.1 Å². The minimum absolute atomic E-state index is 0.146. The van der Waals surface area contributed by atoms with Crippen molar-refractivity contribution in [2.45, 2.75) is 30.3 Å². The van der Waals surface area contributed by atoms with Gasteiger partial charge >= 0.3 is 6.18 Å². The number of para-hydroxylation sites is 1. The molecule has 1 aliphatic rings. The molecule has 4 heterocycles. The monoisotopic (exact) mass is 582 g/mol. The summed E-state index contributed by atoms with van der Waals surface area (Å²) in [5.74, 6) is 0.332. The number of anilines is 1. The molecule has 1 fully saturated rings. The van der Waals surface area contributed by atoms with Gasteiger partial charge in [0.25, 0.3) is 10.0 Å². The van der Waals surface area contributed by atoms with Crippen molar-refractivity contribution < 1.29 is 21.6 Å². The first-order valence-corrected chi connectivity index (χ1v) is 15.0. The van der Waals surface area contributed by atoms with Crippen LogP contribution >= 0.6 is 22.7 Å². The normalized spacial score (nSPS) is 16.7. The Kier molecular flexibility index (Phi) is 7.44. The lowest BCUT2D eigenvalue weighted by Crippen LogP contribution is -2.50. The van der Waals surface area contributed by atoms with Crippen LogP contribution in [0.1, 0.15) is 17.5 Å². The van der Waals surface area contributed by atoms with Gasteiger partial charge in [0.05, 0.1) is 26.7 Å². The number of halogens is 3. The van der Waals surface area contributed by atoms with Crippen molar-refractivity contribution in [3.63, 3.8) is 0 Å². The summed E-state index contributed by atoms with van der Waals surface area (Å²) in [5, 5.41) is 6.35. The molecule has 202 valence electrons. The van der Waals surface area contributed by atoms with E-state index in [0.29, 0.717) is 48.1 Å². The summed E-state index contributed by atoms with van der Waals surface area (Å²) in [6.45, 7) is 6.18. The van der Waals surface area contributed by atoms with Crippen LogP contribution in [-0.4, -0.2) is 71.3 Å². The lowest BCUT2D eigenvalue weighted by molar-refractivity contribution is -0.136. The molecule has 1 aromatic carbocycles. The number of aromatic nitrogens is 3. The van der Waals surface area contributed by atoms with E-state index in [9.17, 15) is 21.6 Å². The number of fused-ring (bicyclic) bond motifs is 1. The minimum Gasteiger partial charge on any atom is -0.366 e. The number of aryl methyl sites for hydroxylation is 1. The molecule has 0 spiro atoms. The first kappa shape index (κ1) is 26.9. The van der Waals surface area contributed by atoms with Crippen molar-refractivity contribution in [1.82, 2.24) is 24.2 Å². The zero-order chi connectivity index (χ0) is 27.1. The Bertz CT molecular complexity index is 1550. The van der Waals surface area contributed by atoms with Crippen molar-refractivity contribution in [3.8, 4) is 10.6 Å². The second-order valence-electron chi connectivity index (χ2n) is 9.04. The van der Waals surface area contributed by atoms with Gasteiger partial charge in [0.15, 0.2) is 0 Å². The molecule has 38 heavy (non-hydrogen) atoms. The first-order chi connectivity index (χ1) is 18.0. The van der Waals surface area contributed by atoms with Crippen LogP contribution in [0.2, 0.25) is 0 Å². The Morgan fingerprint density at radius 1 is 1.11 bits per heavy atom. The van der Waals surface area contributed by atoms with E-state index in [1.807, 2.05) is 19.2 Å². The van der Waals surface area contributed by atoms with Crippen LogP contribution in [0.5, 0.6) is 0 Å². The smallest absolute Gasteiger partial charge is 0.366 e. The molecule has 1 saturated heterocycles. The summed E-state index contributed by atoms with van der Waals surface area (Å²) < 4.78 is 68.4. The van der Waals surface area contributed by atoms with Crippen LogP contribution in [0, 0.1) is 6.92 Å². The molecule has 0 bridgehead atoms. The van der Waals surface area contributed by atoms with Crippen LogP contribution < -0.4 is 5.32 Å². The van der Waals surface area contributed by atoms with Crippen molar-refractivity contribution >= 4 is 49.4 Å².